The molecule has 1 aliphatic rings. The van der Waals surface area contributed by atoms with E-state index >= 15 is 0 Å². The maximum absolute atomic E-state index is 12.0. The molecular weight excluding hydrogens is 226 g/mol. The third-order valence-electron chi connectivity index (χ3n) is 3.93. The summed E-state index contributed by atoms with van der Waals surface area (Å²) >= 11 is 0. The lowest BCUT2D eigenvalue weighted by Gasteiger charge is -2.30. The summed E-state index contributed by atoms with van der Waals surface area (Å²) in [5.74, 6) is 1.87. The molecule has 3 nitrogen and oxygen atoms in total. The van der Waals surface area contributed by atoms with Gasteiger partial charge in [-0.05, 0) is 43.9 Å². The van der Waals surface area contributed by atoms with Gasteiger partial charge in [0.2, 0.25) is 5.91 Å². The molecule has 0 aromatic rings. The molecule has 0 aliphatic heterocycles. The fourth-order valence-electron chi connectivity index (χ4n) is 3.11. The van der Waals surface area contributed by atoms with Gasteiger partial charge < -0.3 is 10.4 Å². The number of aliphatic hydroxyl groups excluding tert-OH is 1. The molecule has 0 radical (unpaired) electrons. The van der Waals surface area contributed by atoms with E-state index in [1.807, 2.05) is 0 Å². The van der Waals surface area contributed by atoms with E-state index in [4.69, 9.17) is 5.11 Å². The molecular formula is C15H29NO2. The number of carbonyl (C=O) groups is 1. The molecule has 1 saturated carbocycles. The molecule has 3 heteroatoms. The number of hydrogen-bond acceptors (Lipinski definition) is 2. The fourth-order valence-corrected chi connectivity index (χ4v) is 3.11. The summed E-state index contributed by atoms with van der Waals surface area (Å²) in [6.07, 6.45) is 7.45. The highest BCUT2D eigenvalue weighted by Gasteiger charge is 2.28. The summed E-state index contributed by atoms with van der Waals surface area (Å²) in [6.45, 7) is 5.59. The molecule has 0 spiro atoms. The summed E-state index contributed by atoms with van der Waals surface area (Å²) < 4.78 is 0. The van der Waals surface area contributed by atoms with Crippen LogP contribution in [0.15, 0.2) is 0 Å². The Morgan fingerprint density at radius 2 is 1.67 bits per heavy atom. The zero-order chi connectivity index (χ0) is 13.4. The predicted octanol–water partition coefficient (Wildman–Crippen LogP) is 2.73. The van der Waals surface area contributed by atoms with E-state index < -0.39 is 0 Å². The van der Waals surface area contributed by atoms with Crippen molar-refractivity contribution in [2.24, 2.45) is 17.8 Å². The second-order valence-electron chi connectivity index (χ2n) is 6.04. The first-order chi connectivity index (χ1) is 8.63. The molecule has 2 unspecified atom stereocenters. The molecule has 106 valence electrons. The van der Waals surface area contributed by atoms with Crippen molar-refractivity contribution >= 4 is 5.91 Å². The van der Waals surface area contributed by atoms with Gasteiger partial charge in [0.05, 0.1) is 0 Å². The summed E-state index contributed by atoms with van der Waals surface area (Å²) in [7, 11) is 0. The highest BCUT2D eigenvalue weighted by Crippen LogP contribution is 2.32. The smallest absolute Gasteiger partial charge is 0.223 e. The van der Waals surface area contributed by atoms with E-state index in [2.05, 4.69) is 19.2 Å². The Morgan fingerprint density at radius 3 is 2.28 bits per heavy atom. The number of nitrogens with one attached hydrogen (secondary N) is 1. The van der Waals surface area contributed by atoms with Crippen LogP contribution in [0.4, 0.5) is 0 Å². The van der Waals surface area contributed by atoms with E-state index in [0.29, 0.717) is 11.8 Å². The topological polar surface area (TPSA) is 49.3 Å². The standard InChI is InChI=1S/C15H29NO2/c1-12-9-13(2)11-14(10-12)15(18)16-7-5-3-4-6-8-17/h12-14,17H,3-11H2,1-2H3,(H,16,18). The summed E-state index contributed by atoms with van der Waals surface area (Å²) in [6, 6.07) is 0. The molecule has 1 amide bonds. The van der Waals surface area contributed by atoms with Crippen LogP contribution < -0.4 is 5.32 Å². The highest BCUT2D eigenvalue weighted by molar-refractivity contribution is 5.78. The van der Waals surface area contributed by atoms with Crippen LogP contribution >= 0.6 is 0 Å². The van der Waals surface area contributed by atoms with Crippen LogP contribution in [0.5, 0.6) is 0 Å². The Hall–Kier alpha value is -0.570. The lowest BCUT2D eigenvalue weighted by molar-refractivity contribution is -0.126. The van der Waals surface area contributed by atoms with Crippen molar-refractivity contribution < 1.29 is 9.90 Å². The van der Waals surface area contributed by atoms with Gasteiger partial charge >= 0.3 is 0 Å². The van der Waals surface area contributed by atoms with Crippen molar-refractivity contribution in [3.63, 3.8) is 0 Å². The number of carbonyl (C=O) groups excluding carboxylic acids is 1. The fraction of sp³-hybridized carbons (Fsp3) is 0.933. The Kier molecular flexibility index (Phi) is 7.33. The van der Waals surface area contributed by atoms with Crippen molar-refractivity contribution in [1.82, 2.24) is 5.32 Å². The van der Waals surface area contributed by atoms with Gasteiger partial charge in [0, 0.05) is 19.1 Å². The Bertz CT molecular complexity index is 233. The molecule has 1 fully saturated rings. The van der Waals surface area contributed by atoms with E-state index in [9.17, 15) is 4.79 Å². The lowest BCUT2D eigenvalue weighted by Crippen LogP contribution is -2.35. The average Bonchev–Trinajstić information content (AvgIpc) is 2.32. The zero-order valence-corrected chi connectivity index (χ0v) is 12.0. The summed E-state index contributed by atoms with van der Waals surface area (Å²) in [4.78, 5) is 12.0. The van der Waals surface area contributed by atoms with Crippen LogP contribution in [0.2, 0.25) is 0 Å². The number of unbranched alkanes of at least 4 members (excludes halogenated alkanes) is 3. The van der Waals surface area contributed by atoms with Crippen LogP contribution in [-0.4, -0.2) is 24.2 Å². The molecule has 18 heavy (non-hydrogen) atoms. The summed E-state index contributed by atoms with van der Waals surface area (Å²) in [5, 5.41) is 11.7. The van der Waals surface area contributed by atoms with Gasteiger partial charge in [-0.15, -0.1) is 0 Å². The van der Waals surface area contributed by atoms with E-state index in [1.165, 1.54) is 6.42 Å². The van der Waals surface area contributed by atoms with E-state index in [0.717, 1.165) is 45.1 Å². The van der Waals surface area contributed by atoms with Crippen LogP contribution in [0.3, 0.4) is 0 Å². The molecule has 2 atom stereocenters. The van der Waals surface area contributed by atoms with Gasteiger partial charge in [-0.2, -0.15) is 0 Å². The molecule has 1 aliphatic carbocycles. The SMILES string of the molecule is CC1CC(C)CC(C(=O)NCCCCCCO)C1. The average molecular weight is 255 g/mol. The first-order valence-corrected chi connectivity index (χ1v) is 7.52. The van der Waals surface area contributed by atoms with Crippen molar-refractivity contribution in [2.75, 3.05) is 13.2 Å². The minimum atomic E-state index is 0.237. The minimum Gasteiger partial charge on any atom is -0.396 e. The third-order valence-corrected chi connectivity index (χ3v) is 3.93. The first-order valence-electron chi connectivity index (χ1n) is 7.52. The number of amides is 1. The second-order valence-corrected chi connectivity index (χ2v) is 6.04. The van der Waals surface area contributed by atoms with Crippen molar-refractivity contribution in [3.05, 3.63) is 0 Å². The molecule has 0 aromatic carbocycles. The Balaban J connectivity index is 2.12. The molecule has 0 aromatic heterocycles. The number of hydrogen-bond donors (Lipinski definition) is 2. The van der Waals surface area contributed by atoms with Crippen molar-refractivity contribution in [2.45, 2.75) is 58.8 Å². The quantitative estimate of drug-likeness (QED) is 0.687. The highest BCUT2D eigenvalue weighted by atomic mass is 16.2. The zero-order valence-electron chi connectivity index (χ0n) is 12.0. The van der Waals surface area contributed by atoms with Gasteiger partial charge in [-0.3, -0.25) is 4.79 Å². The lowest BCUT2D eigenvalue weighted by atomic mass is 9.76. The van der Waals surface area contributed by atoms with Crippen LogP contribution in [0, 0.1) is 17.8 Å². The maximum Gasteiger partial charge on any atom is 0.223 e. The number of aliphatic hydroxyl groups is 1. The molecule has 0 heterocycles. The molecule has 1 rings (SSSR count). The normalized spacial score (nSPS) is 28.1. The van der Waals surface area contributed by atoms with Crippen molar-refractivity contribution in [3.8, 4) is 0 Å². The molecule has 0 bridgehead atoms. The van der Waals surface area contributed by atoms with Crippen LogP contribution in [0.25, 0.3) is 0 Å². The van der Waals surface area contributed by atoms with E-state index in [-0.39, 0.29) is 18.4 Å². The minimum absolute atomic E-state index is 0.237. The number of rotatable bonds is 7. The Labute approximate surface area is 111 Å². The van der Waals surface area contributed by atoms with Crippen molar-refractivity contribution in [1.29, 1.82) is 0 Å². The van der Waals surface area contributed by atoms with Crippen LogP contribution in [0.1, 0.15) is 58.8 Å². The van der Waals surface area contributed by atoms with Crippen LogP contribution in [-0.2, 0) is 4.79 Å². The Morgan fingerprint density at radius 1 is 1.06 bits per heavy atom. The molecule has 2 N–H and O–H groups in total. The first kappa shape index (κ1) is 15.5. The predicted molar refractivity (Wildman–Crippen MR) is 74.2 cm³/mol. The largest absolute Gasteiger partial charge is 0.396 e. The van der Waals surface area contributed by atoms with E-state index in [1.54, 1.807) is 0 Å². The van der Waals surface area contributed by atoms with Gasteiger partial charge in [0.15, 0.2) is 0 Å². The maximum atomic E-state index is 12.0. The summed E-state index contributed by atoms with van der Waals surface area (Å²) in [5.41, 5.74) is 0. The van der Waals surface area contributed by atoms with Gasteiger partial charge in [-0.25, -0.2) is 0 Å². The third kappa shape index (κ3) is 5.85. The van der Waals surface area contributed by atoms with Gasteiger partial charge in [0.1, 0.15) is 0 Å². The monoisotopic (exact) mass is 255 g/mol. The second kappa shape index (κ2) is 8.52. The van der Waals surface area contributed by atoms with Gasteiger partial charge in [0.25, 0.3) is 0 Å². The molecule has 0 saturated heterocycles. The van der Waals surface area contributed by atoms with Gasteiger partial charge in [-0.1, -0.05) is 26.7 Å².